The highest BCUT2D eigenvalue weighted by Crippen LogP contribution is 2.44. The molecule has 118 valence electrons. The topological polar surface area (TPSA) is 39.7 Å². The first-order chi connectivity index (χ1) is 9.05. The second kappa shape index (κ2) is 7.82. The minimum Gasteiger partial charge on any atom is -0.354 e. The summed E-state index contributed by atoms with van der Waals surface area (Å²) in [6, 6.07) is 1.18. The van der Waals surface area contributed by atoms with Crippen molar-refractivity contribution in [1.82, 2.24) is 15.5 Å². The Morgan fingerprint density at radius 2 is 1.85 bits per heavy atom. The van der Waals surface area contributed by atoms with Crippen molar-refractivity contribution in [2.75, 3.05) is 26.7 Å². The van der Waals surface area contributed by atoms with E-state index in [9.17, 15) is 0 Å². The summed E-state index contributed by atoms with van der Waals surface area (Å²) in [4.78, 5) is 6.93. The smallest absolute Gasteiger partial charge is 0.191 e. The van der Waals surface area contributed by atoms with E-state index in [4.69, 9.17) is 0 Å². The van der Waals surface area contributed by atoms with Crippen LogP contribution < -0.4 is 10.6 Å². The molecule has 0 bridgehead atoms. The third-order valence-corrected chi connectivity index (χ3v) is 4.52. The van der Waals surface area contributed by atoms with Gasteiger partial charge in [0.1, 0.15) is 0 Å². The molecule has 0 amide bonds. The maximum Gasteiger partial charge on any atom is 0.191 e. The molecular formula is C15H31IN4. The summed E-state index contributed by atoms with van der Waals surface area (Å²) in [5.74, 6) is 0.990. The fraction of sp³-hybridized carbons (Fsp3) is 0.933. The van der Waals surface area contributed by atoms with Gasteiger partial charge in [-0.15, -0.1) is 24.0 Å². The Kier molecular flexibility index (Phi) is 7.04. The van der Waals surface area contributed by atoms with Crippen molar-refractivity contribution < 1.29 is 0 Å². The van der Waals surface area contributed by atoms with E-state index in [2.05, 4.69) is 41.3 Å². The summed E-state index contributed by atoms with van der Waals surface area (Å²) in [7, 11) is 1.87. The first kappa shape index (κ1) is 18.0. The Labute approximate surface area is 141 Å². The molecule has 0 spiro atoms. The lowest BCUT2D eigenvalue weighted by atomic mass is 10.1. The molecule has 0 aromatic rings. The highest BCUT2D eigenvalue weighted by molar-refractivity contribution is 14.0. The van der Waals surface area contributed by atoms with Gasteiger partial charge in [-0.3, -0.25) is 4.99 Å². The second-order valence-corrected chi connectivity index (χ2v) is 6.72. The molecule has 1 atom stereocenters. The largest absolute Gasteiger partial charge is 0.354 e. The van der Waals surface area contributed by atoms with E-state index in [1.807, 2.05) is 7.05 Å². The monoisotopic (exact) mass is 394 g/mol. The van der Waals surface area contributed by atoms with Gasteiger partial charge in [0.25, 0.3) is 0 Å². The Hall–Kier alpha value is -0.0400. The van der Waals surface area contributed by atoms with Gasteiger partial charge in [-0.1, -0.05) is 20.8 Å². The van der Waals surface area contributed by atoms with Crippen LogP contribution in [-0.2, 0) is 0 Å². The predicted molar refractivity (Wildman–Crippen MR) is 97.0 cm³/mol. The maximum absolute atomic E-state index is 4.36. The molecule has 0 aromatic heterocycles. The molecular weight excluding hydrogens is 363 g/mol. The van der Waals surface area contributed by atoms with Crippen LogP contribution in [-0.4, -0.2) is 49.6 Å². The number of rotatable bonds is 4. The van der Waals surface area contributed by atoms with Gasteiger partial charge in [0, 0.05) is 32.2 Å². The number of hydrogen-bond donors (Lipinski definition) is 2. The van der Waals surface area contributed by atoms with Gasteiger partial charge in [-0.2, -0.15) is 0 Å². The quantitative estimate of drug-likeness (QED) is 0.437. The van der Waals surface area contributed by atoms with Gasteiger partial charge in [0.05, 0.1) is 0 Å². The zero-order valence-electron chi connectivity index (χ0n) is 13.4. The summed E-state index contributed by atoms with van der Waals surface area (Å²) in [6.07, 6.45) is 4.98. The Bertz CT molecular complexity index is 322. The number of hydrogen-bond acceptors (Lipinski definition) is 2. The van der Waals surface area contributed by atoms with Crippen molar-refractivity contribution in [3.63, 3.8) is 0 Å². The van der Waals surface area contributed by atoms with Crippen LogP contribution in [0.3, 0.4) is 0 Å². The Morgan fingerprint density at radius 1 is 1.25 bits per heavy atom. The van der Waals surface area contributed by atoms with Gasteiger partial charge >= 0.3 is 0 Å². The molecule has 1 aliphatic heterocycles. The van der Waals surface area contributed by atoms with E-state index in [0.717, 1.165) is 5.96 Å². The number of nitrogens with zero attached hydrogens (tertiary/aromatic N) is 2. The van der Waals surface area contributed by atoms with E-state index < -0.39 is 0 Å². The fourth-order valence-electron chi connectivity index (χ4n) is 2.86. The molecule has 1 heterocycles. The summed E-state index contributed by atoms with van der Waals surface area (Å²) in [5, 5.41) is 7.13. The SMILES string of the molecule is CCCN1CCC(NC(=NC)NC2CC2(C)C)CC1.I. The highest BCUT2D eigenvalue weighted by atomic mass is 127. The zero-order valence-corrected chi connectivity index (χ0v) is 15.7. The van der Waals surface area contributed by atoms with Crippen molar-refractivity contribution in [1.29, 1.82) is 0 Å². The van der Waals surface area contributed by atoms with Crippen LogP contribution in [0, 0.1) is 5.41 Å². The molecule has 1 unspecified atom stereocenters. The molecule has 2 rings (SSSR count). The molecule has 1 saturated heterocycles. The molecule has 20 heavy (non-hydrogen) atoms. The number of piperidine rings is 1. The van der Waals surface area contributed by atoms with Crippen molar-refractivity contribution in [2.45, 2.75) is 58.5 Å². The normalized spacial score (nSPS) is 26.8. The molecule has 5 heteroatoms. The third kappa shape index (κ3) is 5.06. The third-order valence-electron chi connectivity index (χ3n) is 4.52. The first-order valence-electron chi connectivity index (χ1n) is 7.77. The summed E-state index contributed by atoms with van der Waals surface area (Å²) in [5.41, 5.74) is 0.447. The van der Waals surface area contributed by atoms with E-state index in [0.29, 0.717) is 17.5 Å². The number of likely N-dealkylation sites (tertiary alicyclic amines) is 1. The van der Waals surface area contributed by atoms with Crippen LogP contribution in [0.4, 0.5) is 0 Å². The summed E-state index contributed by atoms with van der Waals surface area (Å²) in [6.45, 7) is 10.6. The number of halogens is 1. The van der Waals surface area contributed by atoms with Crippen molar-refractivity contribution in [3.8, 4) is 0 Å². The Morgan fingerprint density at radius 3 is 2.30 bits per heavy atom. The minimum atomic E-state index is 0. The van der Waals surface area contributed by atoms with Crippen molar-refractivity contribution in [3.05, 3.63) is 0 Å². The number of guanidine groups is 1. The minimum absolute atomic E-state index is 0. The standard InChI is InChI=1S/C15H30N4.HI/c1-5-8-19-9-6-12(7-10-19)17-14(16-4)18-13-11-15(13,2)3;/h12-13H,5-11H2,1-4H3,(H2,16,17,18);1H. The van der Waals surface area contributed by atoms with Gasteiger partial charge < -0.3 is 15.5 Å². The van der Waals surface area contributed by atoms with Crippen LogP contribution in [0.25, 0.3) is 0 Å². The van der Waals surface area contributed by atoms with Crippen LogP contribution in [0.1, 0.15) is 46.5 Å². The molecule has 2 N–H and O–H groups in total. The lowest BCUT2D eigenvalue weighted by Crippen LogP contribution is -2.49. The van der Waals surface area contributed by atoms with Crippen LogP contribution in [0.2, 0.25) is 0 Å². The van der Waals surface area contributed by atoms with Gasteiger partial charge in [-0.25, -0.2) is 0 Å². The fourth-order valence-corrected chi connectivity index (χ4v) is 2.86. The predicted octanol–water partition coefficient (Wildman–Crippen LogP) is 2.44. The van der Waals surface area contributed by atoms with E-state index in [1.54, 1.807) is 0 Å². The molecule has 4 nitrogen and oxygen atoms in total. The van der Waals surface area contributed by atoms with E-state index >= 15 is 0 Å². The van der Waals surface area contributed by atoms with E-state index in [1.165, 1.54) is 45.3 Å². The molecule has 1 aliphatic carbocycles. The van der Waals surface area contributed by atoms with Crippen LogP contribution >= 0.6 is 24.0 Å². The first-order valence-corrected chi connectivity index (χ1v) is 7.77. The highest BCUT2D eigenvalue weighted by Gasteiger charge is 2.46. The van der Waals surface area contributed by atoms with Crippen molar-refractivity contribution in [2.24, 2.45) is 10.4 Å². The number of nitrogens with one attached hydrogen (secondary N) is 2. The summed E-state index contributed by atoms with van der Waals surface area (Å²) >= 11 is 0. The number of aliphatic imine (C=N–C) groups is 1. The van der Waals surface area contributed by atoms with Gasteiger partial charge in [0.15, 0.2) is 5.96 Å². The molecule has 2 aliphatic rings. The molecule has 1 saturated carbocycles. The summed E-state index contributed by atoms with van der Waals surface area (Å²) < 4.78 is 0. The molecule has 0 radical (unpaired) electrons. The van der Waals surface area contributed by atoms with Gasteiger partial charge in [0.2, 0.25) is 0 Å². The average molecular weight is 394 g/mol. The van der Waals surface area contributed by atoms with E-state index in [-0.39, 0.29) is 24.0 Å². The lowest BCUT2D eigenvalue weighted by molar-refractivity contribution is 0.206. The Balaban J connectivity index is 0.00000200. The van der Waals surface area contributed by atoms with Crippen molar-refractivity contribution >= 4 is 29.9 Å². The van der Waals surface area contributed by atoms with Crippen LogP contribution in [0.5, 0.6) is 0 Å². The van der Waals surface area contributed by atoms with Crippen LogP contribution in [0.15, 0.2) is 4.99 Å². The zero-order chi connectivity index (χ0) is 13.9. The lowest BCUT2D eigenvalue weighted by Gasteiger charge is -2.32. The van der Waals surface area contributed by atoms with Gasteiger partial charge in [-0.05, 0) is 37.6 Å². The average Bonchev–Trinajstić information content (AvgIpc) is 2.98. The second-order valence-electron chi connectivity index (χ2n) is 6.72. The molecule has 2 fully saturated rings. The maximum atomic E-state index is 4.36. The molecule has 0 aromatic carbocycles.